The van der Waals surface area contributed by atoms with Gasteiger partial charge >= 0.3 is 12.1 Å². The van der Waals surface area contributed by atoms with Crippen molar-refractivity contribution >= 4 is 18.1 Å². The van der Waals surface area contributed by atoms with E-state index in [1.54, 1.807) is 6.07 Å². The largest absolute Gasteiger partial charge is 0.464 e. The molecule has 2 aromatic carbocycles. The zero-order chi connectivity index (χ0) is 23.1. The molecule has 32 heavy (non-hydrogen) atoms. The van der Waals surface area contributed by atoms with Crippen molar-refractivity contribution < 1.29 is 23.5 Å². The van der Waals surface area contributed by atoms with Gasteiger partial charge in [-0.05, 0) is 61.7 Å². The van der Waals surface area contributed by atoms with Crippen molar-refractivity contribution in [3.8, 4) is 0 Å². The quantitative estimate of drug-likeness (QED) is 0.537. The number of amides is 1. The maximum atomic E-state index is 14.9. The average molecular weight is 441 g/mol. The van der Waals surface area contributed by atoms with E-state index in [4.69, 9.17) is 9.47 Å². The van der Waals surface area contributed by atoms with Crippen LogP contribution in [0.5, 0.6) is 0 Å². The minimum absolute atomic E-state index is 0.0396. The molecule has 7 heteroatoms. The third kappa shape index (κ3) is 5.95. The highest BCUT2D eigenvalue weighted by Crippen LogP contribution is 2.35. The van der Waals surface area contributed by atoms with Crippen LogP contribution in [-0.4, -0.2) is 44.2 Å². The summed E-state index contributed by atoms with van der Waals surface area (Å²) in [5.41, 5.74) is 1.60. The maximum absolute atomic E-state index is 14.9. The molecule has 0 aliphatic carbocycles. The van der Waals surface area contributed by atoms with Crippen molar-refractivity contribution in [3.63, 3.8) is 0 Å². The molecule has 1 N–H and O–H groups in total. The van der Waals surface area contributed by atoms with Crippen LogP contribution in [0.4, 0.5) is 9.18 Å². The Morgan fingerprint density at radius 2 is 1.84 bits per heavy atom. The number of methoxy groups -OCH3 is 1. The number of esters is 1. The molecule has 2 aromatic rings. The molecular weight excluding hydrogens is 411 g/mol. The number of nitrogens with zero attached hydrogens (tertiary/aromatic N) is 1. The lowest BCUT2D eigenvalue weighted by Crippen LogP contribution is -2.38. The van der Waals surface area contributed by atoms with Crippen LogP contribution in [0.3, 0.4) is 0 Å². The summed E-state index contributed by atoms with van der Waals surface area (Å²) in [4.78, 5) is 26.6. The van der Waals surface area contributed by atoms with Gasteiger partial charge in [0.15, 0.2) is 0 Å². The number of benzene rings is 2. The summed E-state index contributed by atoms with van der Waals surface area (Å²) >= 11 is 0. The highest BCUT2D eigenvalue weighted by Gasteiger charge is 2.31. The van der Waals surface area contributed by atoms with Gasteiger partial charge in [0.05, 0.1) is 7.11 Å². The molecule has 1 aliphatic rings. The van der Waals surface area contributed by atoms with E-state index < -0.39 is 17.9 Å². The summed E-state index contributed by atoms with van der Waals surface area (Å²) in [6, 6.07) is 14.1. The lowest BCUT2D eigenvalue weighted by atomic mass is 9.74. The van der Waals surface area contributed by atoms with Gasteiger partial charge in [-0.3, -0.25) is 5.32 Å². The number of halogens is 1. The number of piperidine rings is 1. The van der Waals surface area contributed by atoms with Crippen molar-refractivity contribution in [1.29, 1.82) is 0 Å². The lowest BCUT2D eigenvalue weighted by Gasteiger charge is -2.38. The van der Waals surface area contributed by atoms with Crippen LogP contribution >= 0.6 is 0 Å². The number of nitrogens with one attached hydrogen (secondary N) is 1. The highest BCUT2D eigenvalue weighted by molar-refractivity contribution is 5.96. The first-order chi connectivity index (χ1) is 15.3. The van der Waals surface area contributed by atoms with Gasteiger partial charge in [0.2, 0.25) is 0 Å². The van der Waals surface area contributed by atoms with Gasteiger partial charge in [0.1, 0.15) is 18.1 Å². The molecule has 0 radical (unpaired) electrons. The van der Waals surface area contributed by atoms with Crippen LogP contribution in [0, 0.1) is 5.82 Å². The summed E-state index contributed by atoms with van der Waals surface area (Å²) in [6.07, 6.45) is 2.31. The van der Waals surface area contributed by atoms with Gasteiger partial charge in [-0.25, -0.2) is 14.0 Å². The maximum Gasteiger partial charge on any atom is 0.412 e. The molecule has 1 saturated heterocycles. The predicted molar refractivity (Wildman–Crippen MR) is 120 cm³/mol. The normalized spacial score (nSPS) is 16.3. The summed E-state index contributed by atoms with van der Waals surface area (Å²) in [7, 11) is 3.27. The minimum Gasteiger partial charge on any atom is -0.464 e. The van der Waals surface area contributed by atoms with E-state index in [9.17, 15) is 14.0 Å². The molecule has 1 aliphatic heterocycles. The molecule has 1 amide bonds. The second-order valence-electron chi connectivity index (χ2n) is 8.34. The monoisotopic (exact) mass is 440 g/mol. The van der Waals surface area contributed by atoms with Crippen molar-refractivity contribution in [2.75, 3.05) is 27.2 Å². The van der Waals surface area contributed by atoms with Crippen LogP contribution in [0.1, 0.15) is 36.5 Å². The standard InChI is InChI=1S/C25H29FN2O4/c1-25(11-13-28(2)14-12-25)20-10-9-19(21(26)16-20)15-22(23(29)31-3)27-24(30)32-17-18-7-5-4-6-8-18/h4-10,15-16H,11-14,17H2,1-3H3,(H,27,30)/b22-15+. The Labute approximate surface area is 188 Å². The first kappa shape index (κ1) is 23.5. The first-order valence-corrected chi connectivity index (χ1v) is 10.6. The fourth-order valence-electron chi connectivity index (χ4n) is 3.70. The number of likely N-dealkylation sites (tertiary alicyclic amines) is 1. The van der Waals surface area contributed by atoms with Gasteiger partial charge in [-0.2, -0.15) is 0 Å². The van der Waals surface area contributed by atoms with Crippen molar-refractivity contribution in [3.05, 3.63) is 76.7 Å². The van der Waals surface area contributed by atoms with E-state index in [-0.39, 0.29) is 23.3 Å². The van der Waals surface area contributed by atoms with E-state index >= 15 is 0 Å². The molecule has 0 bridgehead atoms. The summed E-state index contributed by atoms with van der Waals surface area (Å²) in [5, 5.41) is 2.36. The topological polar surface area (TPSA) is 67.9 Å². The molecule has 0 saturated carbocycles. The van der Waals surface area contributed by atoms with Crippen molar-refractivity contribution in [2.24, 2.45) is 0 Å². The molecule has 6 nitrogen and oxygen atoms in total. The van der Waals surface area contributed by atoms with E-state index in [0.29, 0.717) is 0 Å². The number of carbonyl (C=O) groups is 2. The van der Waals surface area contributed by atoms with Gasteiger partial charge in [0, 0.05) is 5.56 Å². The Kier molecular flexibility index (Phi) is 7.64. The van der Waals surface area contributed by atoms with E-state index in [0.717, 1.165) is 37.1 Å². The van der Waals surface area contributed by atoms with Crippen LogP contribution in [0.25, 0.3) is 6.08 Å². The molecule has 3 rings (SSSR count). The second-order valence-corrected chi connectivity index (χ2v) is 8.34. The summed E-state index contributed by atoms with van der Waals surface area (Å²) in [5.74, 6) is -1.27. The van der Waals surface area contributed by atoms with Gasteiger partial charge < -0.3 is 14.4 Å². The van der Waals surface area contributed by atoms with Crippen molar-refractivity contribution in [1.82, 2.24) is 10.2 Å². The van der Waals surface area contributed by atoms with Gasteiger partial charge in [-0.15, -0.1) is 0 Å². The molecule has 1 fully saturated rings. The first-order valence-electron chi connectivity index (χ1n) is 10.6. The number of alkyl carbamates (subject to hydrolysis) is 1. The molecule has 0 unspecified atom stereocenters. The summed E-state index contributed by atoms with van der Waals surface area (Å²) in [6.45, 7) is 4.11. The molecule has 0 atom stereocenters. The predicted octanol–water partition coefficient (Wildman–Crippen LogP) is 4.25. The van der Waals surface area contributed by atoms with Crippen LogP contribution in [-0.2, 0) is 26.3 Å². The Hall–Kier alpha value is -3.19. The fraction of sp³-hybridized carbons (Fsp3) is 0.360. The van der Waals surface area contributed by atoms with Crippen molar-refractivity contribution in [2.45, 2.75) is 31.8 Å². The molecule has 0 spiro atoms. The minimum atomic E-state index is -0.832. The Morgan fingerprint density at radius 3 is 2.47 bits per heavy atom. The third-order valence-electron chi connectivity index (χ3n) is 5.94. The van der Waals surface area contributed by atoms with Crippen LogP contribution in [0.2, 0.25) is 0 Å². The Balaban J connectivity index is 1.74. The summed E-state index contributed by atoms with van der Waals surface area (Å²) < 4.78 is 24.8. The average Bonchev–Trinajstić information content (AvgIpc) is 2.80. The molecule has 1 heterocycles. The molecular formula is C25H29FN2O4. The smallest absolute Gasteiger partial charge is 0.412 e. The Morgan fingerprint density at radius 1 is 1.16 bits per heavy atom. The number of ether oxygens (including phenoxy) is 2. The highest BCUT2D eigenvalue weighted by atomic mass is 19.1. The second kappa shape index (κ2) is 10.4. The lowest BCUT2D eigenvalue weighted by molar-refractivity contribution is -0.136. The number of carbonyl (C=O) groups excluding carboxylic acids is 2. The fourth-order valence-corrected chi connectivity index (χ4v) is 3.70. The van der Waals surface area contributed by atoms with Crippen LogP contribution < -0.4 is 5.32 Å². The van der Waals surface area contributed by atoms with Gasteiger partial charge in [-0.1, -0.05) is 49.4 Å². The third-order valence-corrected chi connectivity index (χ3v) is 5.94. The molecule has 0 aromatic heterocycles. The van der Waals surface area contributed by atoms with Gasteiger partial charge in [0.25, 0.3) is 0 Å². The Bertz CT molecular complexity index is 983. The van der Waals surface area contributed by atoms with E-state index in [1.807, 2.05) is 36.4 Å². The van der Waals surface area contributed by atoms with E-state index in [1.165, 1.54) is 19.3 Å². The number of hydrogen-bond acceptors (Lipinski definition) is 5. The van der Waals surface area contributed by atoms with E-state index in [2.05, 4.69) is 24.2 Å². The number of hydrogen-bond donors (Lipinski definition) is 1. The number of rotatable bonds is 6. The van der Waals surface area contributed by atoms with Crippen LogP contribution in [0.15, 0.2) is 54.2 Å². The molecule has 170 valence electrons. The zero-order valence-electron chi connectivity index (χ0n) is 18.7. The zero-order valence-corrected chi connectivity index (χ0v) is 18.7. The SMILES string of the molecule is COC(=O)/C(=C\c1ccc(C2(C)CCN(C)CC2)cc1F)NC(=O)OCc1ccccc1.